The molecule has 1 aliphatic carbocycles. The second-order valence-electron chi connectivity index (χ2n) is 7.22. The third-order valence-corrected chi connectivity index (χ3v) is 5.68. The Balaban J connectivity index is 1.94. The first-order chi connectivity index (χ1) is 12.6. The highest BCUT2D eigenvalue weighted by molar-refractivity contribution is 9.15. The minimum atomic E-state index is -0.0214. The molecule has 1 amide bonds. The average molecular weight is 419 g/mol. The predicted octanol–water partition coefficient (Wildman–Crippen LogP) is 3.73. The number of fused-ring (bicyclic) bond motifs is 1. The maximum absolute atomic E-state index is 12.5. The molecule has 0 bridgehead atoms. The summed E-state index contributed by atoms with van der Waals surface area (Å²) in [7, 11) is 0. The minimum absolute atomic E-state index is 0.0214. The number of morpholine rings is 1. The smallest absolute Gasteiger partial charge is 0.246 e. The van der Waals surface area contributed by atoms with Crippen LogP contribution in [0.25, 0.3) is 4.48 Å². The Hall–Kier alpha value is -1.59. The third kappa shape index (κ3) is 4.57. The molecule has 1 saturated heterocycles. The van der Waals surface area contributed by atoms with Crippen molar-refractivity contribution >= 4 is 26.3 Å². The van der Waals surface area contributed by atoms with Crippen LogP contribution < -0.4 is 5.32 Å². The molecule has 0 aromatic heterocycles. The zero-order valence-corrected chi connectivity index (χ0v) is 17.1. The van der Waals surface area contributed by atoms with E-state index in [1.54, 1.807) is 6.08 Å². The van der Waals surface area contributed by atoms with Crippen molar-refractivity contribution in [2.75, 3.05) is 32.8 Å². The van der Waals surface area contributed by atoms with Crippen LogP contribution in [0.15, 0.2) is 41.6 Å². The van der Waals surface area contributed by atoms with Crippen molar-refractivity contribution < 1.29 is 9.53 Å². The molecular weight excluding hydrogens is 392 g/mol. The maximum atomic E-state index is 12.5. The molecule has 140 valence electrons. The second kappa shape index (κ2) is 8.87. The molecule has 0 unspecified atom stereocenters. The summed E-state index contributed by atoms with van der Waals surface area (Å²) in [5.41, 5.74) is 4.82. The number of halogens is 1. The van der Waals surface area contributed by atoms with Crippen molar-refractivity contribution in [1.82, 2.24) is 10.2 Å². The lowest BCUT2D eigenvalue weighted by molar-refractivity contribution is -0.116. The molecule has 4 nitrogen and oxygen atoms in total. The van der Waals surface area contributed by atoms with Gasteiger partial charge in [0.05, 0.1) is 13.2 Å². The minimum Gasteiger partial charge on any atom is -0.378 e. The van der Waals surface area contributed by atoms with Crippen LogP contribution in [-0.2, 0) is 16.0 Å². The molecule has 0 spiro atoms. The van der Waals surface area contributed by atoms with Gasteiger partial charge >= 0.3 is 0 Å². The Labute approximate surface area is 164 Å². The molecule has 1 aliphatic heterocycles. The van der Waals surface area contributed by atoms with Gasteiger partial charge in [-0.3, -0.25) is 4.79 Å². The van der Waals surface area contributed by atoms with Crippen LogP contribution in [0.3, 0.4) is 0 Å². The molecule has 1 heterocycles. The molecule has 1 N–H and O–H groups in total. The molecule has 0 saturated carbocycles. The van der Waals surface area contributed by atoms with Crippen molar-refractivity contribution in [3.05, 3.63) is 52.7 Å². The third-order valence-electron chi connectivity index (χ3n) is 4.78. The lowest BCUT2D eigenvalue weighted by Gasteiger charge is -2.34. The SMILES string of the molecule is CC(C)CNC(=O)C=C(C1=C(Br)c2ccccc2CC1)N1CCOCC1. The summed E-state index contributed by atoms with van der Waals surface area (Å²) in [6.45, 7) is 7.92. The summed E-state index contributed by atoms with van der Waals surface area (Å²) < 4.78 is 6.61. The molecule has 5 heteroatoms. The van der Waals surface area contributed by atoms with Crippen molar-refractivity contribution in [2.24, 2.45) is 5.92 Å². The predicted molar refractivity (Wildman–Crippen MR) is 109 cm³/mol. The number of amides is 1. The summed E-state index contributed by atoms with van der Waals surface area (Å²) >= 11 is 3.82. The van der Waals surface area contributed by atoms with E-state index < -0.39 is 0 Å². The first-order valence-corrected chi connectivity index (χ1v) is 10.1. The summed E-state index contributed by atoms with van der Waals surface area (Å²) in [5, 5.41) is 3.01. The Morgan fingerprint density at radius 3 is 2.73 bits per heavy atom. The number of nitrogens with zero attached hydrogens (tertiary/aromatic N) is 1. The van der Waals surface area contributed by atoms with Crippen LogP contribution in [0.2, 0.25) is 0 Å². The highest BCUT2D eigenvalue weighted by atomic mass is 79.9. The van der Waals surface area contributed by atoms with Gasteiger partial charge in [-0.15, -0.1) is 0 Å². The zero-order chi connectivity index (χ0) is 18.5. The summed E-state index contributed by atoms with van der Waals surface area (Å²) in [6, 6.07) is 8.48. The van der Waals surface area contributed by atoms with Crippen molar-refractivity contribution in [3.63, 3.8) is 0 Å². The van der Waals surface area contributed by atoms with Gasteiger partial charge in [0.15, 0.2) is 0 Å². The molecule has 1 aromatic carbocycles. The van der Waals surface area contributed by atoms with Crippen LogP contribution in [0.1, 0.15) is 31.4 Å². The molecule has 0 atom stereocenters. The van der Waals surface area contributed by atoms with Crippen molar-refractivity contribution in [2.45, 2.75) is 26.7 Å². The lowest BCUT2D eigenvalue weighted by atomic mass is 9.90. The number of ether oxygens (including phenoxy) is 1. The molecule has 2 aliphatic rings. The van der Waals surface area contributed by atoms with Gasteiger partial charge in [0.25, 0.3) is 0 Å². The largest absolute Gasteiger partial charge is 0.378 e. The van der Waals surface area contributed by atoms with E-state index in [-0.39, 0.29) is 5.91 Å². The quantitative estimate of drug-likeness (QED) is 0.740. The maximum Gasteiger partial charge on any atom is 0.246 e. The lowest BCUT2D eigenvalue weighted by Crippen LogP contribution is -2.37. The standard InChI is InChI=1S/C21H27BrN2O2/c1-15(2)14-23-20(25)13-19(24-9-11-26-12-10-24)18-8-7-16-5-3-4-6-17(16)21(18)22/h3-6,13,15H,7-12,14H2,1-2H3,(H,23,25). The normalized spacial score (nSPS) is 18.2. The number of carbonyl (C=O) groups is 1. The van der Waals surface area contributed by atoms with E-state index >= 15 is 0 Å². The number of benzene rings is 1. The van der Waals surface area contributed by atoms with Gasteiger partial charge in [-0.2, -0.15) is 0 Å². The average Bonchev–Trinajstić information content (AvgIpc) is 2.66. The van der Waals surface area contributed by atoms with Gasteiger partial charge in [0.2, 0.25) is 5.91 Å². The van der Waals surface area contributed by atoms with Gasteiger partial charge in [-0.1, -0.05) is 38.1 Å². The summed E-state index contributed by atoms with van der Waals surface area (Å²) in [5.74, 6) is 0.415. The Morgan fingerprint density at radius 1 is 1.27 bits per heavy atom. The highest BCUT2D eigenvalue weighted by Crippen LogP contribution is 2.39. The van der Waals surface area contributed by atoms with Crippen molar-refractivity contribution in [1.29, 1.82) is 0 Å². The number of aryl methyl sites for hydroxylation is 1. The van der Waals surface area contributed by atoms with Gasteiger partial charge < -0.3 is 15.0 Å². The summed E-state index contributed by atoms with van der Waals surface area (Å²) in [4.78, 5) is 14.8. The van der Waals surface area contributed by atoms with Crippen molar-refractivity contribution in [3.8, 4) is 0 Å². The topological polar surface area (TPSA) is 41.6 Å². The molecule has 26 heavy (non-hydrogen) atoms. The van der Waals surface area contributed by atoms with E-state index in [1.165, 1.54) is 16.7 Å². The Kier molecular flexibility index (Phi) is 6.54. The second-order valence-corrected chi connectivity index (χ2v) is 8.01. The van der Waals surface area contributed by atoms with E-state index in [2.05, 4.69) is 64.3 Å². The first kappa shape index (κ1) is 19.2. The van der Waals surface area contributed by atoms with Gasteiger partial charge in [0, 0.05) is 35.9 Å². The Bertz CT molecular complexity index is 718. The van der Waals surface area contributed by atoms with Gasteiger partial charge in [-0.05, 0) is 51.4 Å². The molecular formula is C21H27BrN2O2. The number of hydrogen-bond acceptors (Lipinski definition) is 3. The fraction of sp³-hybridized carbons (Fsp3) is 0.476. The first-order valence-electron chi connectivity index (χ1n) is 9.35. The molecule has 1 fully saturated rings. The Morgan fingerprint density at radius 2 is 2.00 bits per heavy atom. The molecule has 0 radical (unpaired) electrons. The van der Waals surface area contributed by atoms with Gasteiger partial charge in [-0.25, -0.2) is 0 Å². The number of nitrogens with one attached hydrogen (secondary N) is 1. The van der Waals surface area contributed by atoms with E-state index in [0.29, 0.717) is 25.7 Å². The fourth-order valence-corrected chi connectivity index (χ4v) is 4.17. The number of allylic oxidation sites excluding steroid dienone is 1. The van der Waals surface area contributed by atoms with E-state index in [4.69, 9.17) is 4.74 Å². The summed E-state index contributed by atoms with van der Waals surface area (Å²) in [6.07, 6.45) is 3.70. The van der Waals surface area contributed by atoms with E-state index in [1.807, 2.05) is 0 Å². The van der Waals surface area contributed by atoms with Crippen LogP contribution in [-0.4, -0.2) is 43.7 Å². The number of hydrogen-bond donors (Lipinski definition) is 1. The number of rotatable bonds is 5. The van der Waals surface area contributed by atoms with Crippen LogP contribution in [0, 0.1) is 5.92 Å². The van der Waals surface area contributed by atoms with Crippen LogP contribution in [0.4, 0.5) is 0 Å². The highest BCUT2D eigenvalue weighted by Gasteiger charge is 2.24. The molecule has 3 rings (SSSR count). The molecule has 1 aromatic rings. The number of carbonyl (C=O) groups excluding carboxylic acids is 1. The van der Waals surface area contributed by atoms with Crippen LogP contribution in [0.5, 0.6) is 0 Å². The van der Waals surface area contributed by atoms with Crippen LogP contribution >= 0.6 is 15.9 Å². The fourth-order valence-electron chi connectivity index (χ4n) is 3.38. The van der Waals surface area contributed by atoms with E-state index in [9.17, 15) is 4.79 Å². The van der Waals surface area contributed by atoms with E-state index in [0.717, 1.165) is 36.1 Å². The zero-order valence-electron chi connectivity index (χ0n) is 15.6. The monoisotopic (exact) mass is 418 g/mol. The van der Waals surface area contributed by atoms with Gasteiger partial charge in [0.1, 0.15) is 0 Å².